The van der Waals surface area contributed by atoms with Crippen molar-refractivity contribution in [1.29, 1.82) is 0 Å². The summed E-state index contributed by atoms with van der Waals surface area (Å²) in [5.41, 5.74) is 3.29. The van der Waals surface area contributed by atoms with Crippen molar-refractivity contribution in [2.75, 3.05) is 11.9 Å². The first-order valence-corrected chi connectivity index (χ1v) is 9.93. The van der Waals surface area contributed by atoms with Crippen LogP contribution in [-0.4, -0.2) is 12.5 Å². The summed E-state index contributed by atoms with van der Waals surface area (Å²) in [6.45, 7) is 3.64. The predicted octanol–water partition coefficient (Wildman–Crippen LogP) is 5.89. The molecule has 0 unspecified atom stereocenters. The van der Waals surface area contributed by atoms with Crippen LogP contribution in [0.25, 0.3) is 21.9 Å². The molecule has 0 radical (unpaired) electrons. The van der Waals surface area contributed by atoms with Gasteiger partial charge >= 0.3 is 0 Å². The number of anilines is 1. The first-order chi connectivity index (χ1) is 14.3. The van der Waals surface area contributed by atoms with Crippen LogP contribution in [-0.2, 0) is 4.79 Å². The Bertz CT molecular complexity index is 1360. The van der Waals surface area contributed by atoms with Crippen molar-refractivity contribution in [1.82, 2.24) is 0 Å². The summed E-state index contributed by atoms with van der Waals surface area (Å²) in [5.74, 6) is -0.0198. The molecule has 4 rings (SSSR count). The van der Waals surface area contributed by atoms with E-state index < -0.39 is 0 Å². The van der Waals surface area contributed by atoms with Crippen molar-refractivity contribution in [2.24, 2.45) is 0 Å². The first kappa shape index (κ1) is 20.3. The second kappa shape index (κ2) is 8.01. The summed E-state index contributed by atoms with van der Waals surface area (Å²) in [5, 5.41) is 4.52. The van der Waals surface area contributed by atoms with Crippen LogP contribution in [0.1, 0.15) is 11.1 Å². The average Bonchev–Trinajstić information content (AvgIpc) is 2.70. The molecule has 0 bridgehead atoms. The number of carbonyl (C=O) groups excluding carboxylic acids is 1. The lowest BCUT2D eigenvalue weighted by Gasteiger charge is -2.10. The first-order valence-electron chi connectivity index (χ1n) is 9.18. The standard InChI is InChI=1S/C23H17Cl2NO4/c1-12-3-6-17-22(28)16-7-5-15(10-20(16)30-23(17)13(12)2)26-21(27)11-29-19-8-4-14(24)9-18(19)25/h3-10H,11H2,1-2H3,(H,26,27). The van der Waals surface area contributed by atoms with Gasteiger partial charge in [0.05, 0.1) is 15.8 Å². The van der Waals surface area contributed by atoms with E-state index in [1.807, 2.05) is 19.9 Å². The Balaban J connectivity index is 1.58. The zero-order chi connectivity index (χ0) is 21.4. The molecule has 0 aliphatic carbocycles. The molecule has 5 nitrogen and oxygen atoms in total. The smallest absolute Gasteiger partial charge is 0.262 e. The molecular weight excluding hydrogens is 425 g/mol. The molecule has 0 spiro atoms. The highest BCUT2D eigenvalue weighted by Crippen LogP contribution is 2.28. The minimum Gasteiger partial charge on any atom is -0.482 e. The topological polar surface area (TPSA) is 68.5 Å². The molecule has 0 aliphatic rings. The summed E-state index contributed by atoms with van der Waals surface area (Å²) in [6.07, 6.45) is 0. The zero-order valence-corrected chi connectivity index (χ0v) is 17.7. The number of hydrogen-bond acceptors (Lipinski definition) is 4. The fraction of sp³-hybridized carbons (Fsp3) is 0.130. The summed E-state index contributed by atoms with van der Waals surface area (Å²) >= 11 is 11.9. The third-order valence-corrected chi connectivity index (χ3v) is 5.43. The molecule has 152 valence electrons. The Morgan fingerprint density at radius 1 is 1.03 bits per heavy atom. The molecule has 0 fully saturated rings. The van der Waals surface area contributed by atoms with Crippen LogP contribution >= 0.6 is 23.2 Å². The third-order valence-electron chi connectivity index (χ3n) is 4.90. The van der Waals surface area contributed by atoms with Crippen LogP contribution < -0.4 is 15.5 Å². The van der Waals surface area contributed by atoms with Gasteiger partial charge in [-0.25, -0.2) is 0 Å². The lowest BCUT2D eigenvalue weighted by Crippen LogP contribution is -2.20. The van der Waals surface area contributed by atoms with Crippen LogP contribution in [0.3, 0.4) is 0 Å². The second-order valence-corrected chi connectivity index (χ2v) is 7.78. The van der Waals surface area contributed by atoms with Crippen LogP contribution in [0, 0.1) is 13.8 Å². The number of rotatable bonds is 4. The van der Waals surface area contributed by atoms with Gasteiger partial charge in [-0.1, -0.05) is 29.3 Å². The summed E-state index contributed by atoms with van der Waals surface area (Å²) < 4.78 is 11.4. The number of nitrogens with one attached hydrogen (secondary N) is 1. The summed E-state index contributed by atoms with van der Waals surface area (Å²) in [6, 6.07) is 13.4. The van der Waals surface area contributed by atoms with Crippen molar-refractivity contribution < 1.29 is 13.9 Å². The van der Waals surface area contributed by atoms with E-state index in [1.165, 1.54) is 6.07 Å². The van der Waals surface area contributed by atoms with E-state index >= 15 is 0 Å². The SMILES string of the molecule is Cc1ccc2c(=O)c3ccc(NC(=O)COc4ccc(Cl)cc4Cl)cc3oc2c1C. The van der Waals surface area contributed by atoms with E-state index in [0.29, 0.717) is 43.4 Å². The average molecular weight is 442 g/mol. The number of hydrogen-bond donors (Lipinski definition) is 1. The second-order valence-electron chi connectivity index (χ2n) is 6.94. The molecule has 0 atom stereocenters. The van der Waals surface area contributed by atoms with E-state index in [2.05, 4.69) is 5.32 Å². The maximum absolute atomic E-state index is 12.8. The fourth-order valence-corrected chi connectivity index (χ4v) is 3.62. The van der Waals surface area contributed by atoms with Crippen molar-refractivity contribution in [3.63, 3.8) is 0 Å². The zero-order valence-electron chi connectivity index (χ0n) is 16.2. The van der Waals surface area contributed by atoms with Crippen molar-refractivity contribution >= 4 is 56.7 Å². The molecule has 30 heavy (non-hydrogen) atoms. The van der Waals surface area contributed by atoms with Gasteiger partial charge in [-0.05, 0) is 61.4 Å². The Morgan fingerprint density at radius 2 is 1.80 bits per heavy atom. The number of halogens is 2. The van der Waals surface area contributed by atoms with Gasteiger partial charge in [0.1, 0.15) is 16.9 Å². The number of amides is 1. The summed E-state index contributed by atoms with van der Waals surface area (Å²) in [7, 11) is 0. The molecule has 7 heteroatoms. The van der Waals surface area contributed by atoms with Gasteiger partial charge in [0.2, 0.25) is 5.43 Å². The molecule has 0 saturated carbocycles. The monoisotopic (exact) mass is 441 g/mol. The van der Waals surface area contributed by atoms with E-state index in [0.717, 1.165) is 11.1 Å². The number of carbonyl (C=O) groups is 1. The molecule has 1 N–H and O–H groups in total. The van der Waals surface area contributed by atoms with Gasteiger partial charge in [-0.3, -0.25) is 9.59 Å². The Hall–Kier alpha value is -3.02. The van der Waals surface area contributed by atoms with Crippen molar-refractivity contribution in [2.45, 2.75) is 13.8 Å². The van der Waals surface area contributed by atoms with Gasteiger partial charge in [0.15, 0.2) is 6.61 Å². The molecule has 4 aromatic rings. The van der Waals surface area contributed by atoms with E-state index in [-0.39, 0.29) is 17.9 Å². The fourth-order valence-electron chi connectivity index (χ4n) is 3.16. The van der Waals surface area contributed by atoms with Gasteiger partial charge < -0.3 is 14.5 Å². The lowest BCUT2D eigenvalue weighted by atomic mass is 10.0. The summed E-state index contributed by atoms with van der Waals surface area (Å²) in [4.78, 5) is 25.1. The van der Waals surface area contributed by atoms with Crippen LogP contribution in [0.4, 0.5) is 5.69 Å². The molecule has 3 aromatic carbocycles. The molecule has 0 saturated heterocycles. The highest BCUT2D eigenvalue weighted by atomic mass is 35.5. The molecule has 0 aliphatic heterocycles. The van der Waals surface area contributed by atoms with Gasteiger partial charge in [0, 0.05) is 16.8 Å². The molecule has 1 aromatic heterocycles. The number of fused-ring (bicyclic) bond motifs is 2. The third kappa shape index (κ3) is 3.86. The number of ether oxygens (including phenoxy) is 1. The highest BCUT2D eigenvalue weighted by molar-refractivity contribution is 6.35. The molecule has 1 heterocycles. The maximum atomic E-state index is 12.8. The minimum absolute atomic E-state index is 0.104. The van der Waals surface area contributed by atoms with Crippen molar-refractivity contribution in [3.05, 3.63) is 79.9 Å². The van der Waals surface area contributed by atoms with E-state index in [1.54, 1.807) is 36.4 Å². The van der Waals surface area contributed by atoms with E-state index in [9.17, 15) is 9.59 Å². The highest BCUT2D eigenvalue weighted by Gasteiger charge is 2.13. The molecular formula is C23H17Cl2NO4. The number of aryl methyl sites for hydroxylation is 2. The molecule has 1 amide bonds. The normalized spacial score (nSPS) is 11.1. The Labute approximate surface area is 182 Å². The van der Waals surface area contributed by atoms with Gasteiger partial charge in [0.25, 0.3) is 5.91 Å². The number of benzene rings is 3. The van der Waals surface area contributed by atoms with Crippen LogP contribution in [0.5, 0.6) is 5.75 Å². The van der Waals surface area contributed by atoms with E-state index in [4.69, 9.17) is 32.4 Å². The predicted molar refractivity (Wildman–Crippen MR) is 120 cm³/mol. The maximum Gasteiger partial charge on any atom is 0.262 e. The Kier molecular flexibility index (Phi) is 5.41. The van der Waals surface area contributed by atoms with Gasteiger partial charge in [-0.2, -0.15) is 0 Å². The van der Waals surface area contributed by atoms with Crippen LogP contribution in [0.15, 0.2) is 57.7 Å². The lowest BCUT2D eigenvalue weighted by molar-refractivity contribution is -0.118. The minimum atomic E-state index is -0.379. The van der Waals surface area contributed by atoms with Crippen molar-refractivity contribution in [3.8, 4) is 5.75 Å². The largest absolute Gasteiger partial charge is 0.482 e. The Morgan fingerprint density at radius 3 is 2.57 bits per heavy atom. The van der Waals surface area contributed by atoms with Crippen LogP contribution in [0.2, 0.25) is 10.0 Å². The van der Waals surface area contributed by atoms with Gasteiger partial charge in [-0.15, -0.1) is 0 Å². The quantitative estimate of drug-likeness (QED) is 0.401.